The molecule has 2 N–H and O–H groups in total. The van der Waals surface area contributed by atoms with Gasteiger partial charge in [-0.1, -0.05) is 0 Å². The van der Waals surface area contributed by atoms with Crippen LogP contribution in [0.2, 0.25) is 0 Å². The van der Waals surface area contributed by atoms with Crippen LogP contribution in [0.3, 0.4) is 0 Å². The van der Waals surface area contributed by atoms with Crippen molar-refractivity contribution in [2.24, 2.45) is 5.73 Å². The van der Waals surface area contributed by atoms with E-state index in [2.05, 4.69) is 4.90 Å². The molecule has 1 aromatic carbocycles. The first kappa shape index (κ1) is 13.6. The standard InChI is InChI=1S/C13H19N3O3/c1-9(2)19-13-7-11(3-4-12(13)16(17)18)15-6-5-10(14)8-15/h3-4,7,9-10H,5-6,8,14H2,1-2H3. The average Bonchev–Trinajstić information content (AvgIpc) is 2.74. The van der Waals surface area contributed by atoms with Crippen molar-refractivity contribution in [3.05, 3.63) is 28.3 Å². The molecule has 0 aromatic heterocycles. The number of nitro groups is 1. The van der Waals surface area contributed by atoms with E-state index >= 15 is 0 Å². The zero-order valence-electron chi connectivity index (χ0n) is 11.2. The molecule has 6 heteroatoms. The smallest absolute Gasteiger partial charge is 0.311 e. The molecule has 0 bridgehead atoms. The van der Waals surface area contributed by atoms with E-state index in [1.54, 1.807) is 12.1 Å². The quantitative estimate of drug-likeness (QED) is 0.664. The van der Waals surface area contributed by atoms with E-state index in [1.807, 2.05) is 13.8 Å². The lowest BCUT2D eigenvalue weighted by Gasteiger charge is -2.19. The highest BCUT2D eigenvalue weighted by Gasteiger charge is 2.23. The molecule has 0 spiro atoms. The second-order valence-electron chi connectivity index (χ2n) is 5.07. The molecule has 19 heavy (non-hydrogen) atoms. The number of nitro benzene ring substituents is 1. The molecule has 0 radical (unpaired) electrons. The second-order valence-corrected chi connectivity index (χ2v) is 5.07. The Kier molecular flexibility index (Phi) is 3.90. The van der Waals surface area contributed by atoms with Crippen LogP contribution in [0.25, 0.3) is 0 Å². The Morgan fingerprint density at radius 1 is 1.53 bits per heavy atom. The van der Waals surface area contributed by atoms with Gasteiger partial charge in [-0.2, -0.15) is 0 Å². The van der Waals surface area contributed by atoms with Crippen molar-refractivity contribution in [2.75, 3.05) is 18.0 Å². The molecule has 104 valence electrons. The summed E-state index contributed by atoms with van der Waals surface area (Å²) in [5.74, 6) is 0.318. The maximum atomic E-state index is 11.0. The van der Waals surface area contributed by atoms with Gasteiger partial charge in [0.15, 0.2) is 5.75 Å². The van der Waals surface area contributed by atoms with Crippen LogP contribution < -0.4 is 15.4 Å². The van der Waals surface area contributed by atoms with Crippen molar-refractivity contribution >= 4 is 11.4 Å². The van der Waals surface area contributed by atoms with Crippen molar-refractivity contribution < 1.29 is 9.66 Å². The van der Waals surface area contributed by atoms with Crippen LogP contribution in [0.1, 0.15) is 20.3 Å². The van der Waals surface area contributed by atoms with Crippen molar-refractivity contribution in [1.29, 1.82) is 0 Å². The summed E-state index contributed by atoms with van der Waals surface area (Å²) < 4.78 is 5.53. The maximum Gasteiger partial charge on any atom is 0.311 e. The van der Waals surface area contributed by atoms with Crippen LogP contribution >= 0.6 is 0 Å². The van der Waals surface area contributed by atoms with Crippen molar-refractivity contribution in [3.8, 4) is 5.75 Å². The van der Waals surface area contributed by atoms with Gasteiger partial charge in [0.1, 0.15) is 0 Å². The largest absolute Gasteiger partial charge is 0.484 e. The Labute approximate surface area is 112 Å². The molecule has 0 saturated carbocycles. The van der Waals surface area contributed by atoms with Crippen LogP contribution in [0.5, 0.6) is 5.75 Å². The van der Waals surface area contributed by atoms with E-state index in [-0.39, 0.29) is 17.8 Å². The minimum Gasteiger partial charge on any atom is -0.484 e. The van der Waals surface area contributed by atoms with Gasteiger partial charge in [-0.3, -0.25) is 10.1 Å². The highest BCUT2D eigenvalue weighted by Crippen LogP contribution is 2.33. The van der Waals surface area contributed by atoms with E-state index in [1.165, 1.54) is 6.07 Å². The molecule has 2 rings (SSSR count). The SMILES string of the molecule is CC(C)Oc1cc(N2CCC(N)C2)ccc1[N+](=O)[O-]. The van der Waals surface area contributed by atoms with Gasteiger partial charge >= 0.3 is 5.69 Å². The minimum atomic E-state index is -0.419. The Balaban J connectivity index is 2.29. The Morgan fingerprint density at radius 2 is 2.26 bits per heavy atom. The highest BCUT2D eigenvalue weighted by atomic mass is 16.6. The molecule has 1 heterocycles. The lowest BCUT2D eigenvalue weighted by Crippen LogP contribution is -2.26. The third kappa shape index (κ3) is 3.14. The van der Waals surface area contributed by atoms with E-state index in [9.17, 15) is 10.1 Å². The first-order chi connectivity index (χ1) is 8.97. The average molecular weight is 265 g/mol. The number of benzene rings is 1. The molecule has 1 aliphatic heterocycles. The number of nitrogens with zero attached hydrogens (tertiary/aromatic N) is 2. The zero-order chi connectivity index (χ0) is 14.0. The topological polar surface area (TPSA) is 81.6 Å². The van der Waals surface area contributed by atoms with Gasteiger partial charge in [-0.05, 0) is 26.3 Å². The summed E-state index contributed by atoms with van der Waals surface area (Å²) in [5.41, 5.74) is 6.80. The normalized spacial score (nSPS) is 18.9. The van der Waals surface area contributed by atoms with E-state index in [4.69, 9.17) is 10.5 Å². The number of hydrogen-bond acceptors (Lipinski definition) is 5. The summed E-state index contributed by atoms with van der Waals surface area (Å²) in [6.07, 6.45) is 0.840. The molecule has 0 amide bonds. The summed E-state index contributed by atoms with van der Waals surface area (Å²) in [6, 6.07) is 5.15. The van der Waals surface area contributed by atoms with Gasteiger partial charge in [-0.25, -0.2) is 0 Å². The number of hydrogen-bond donors (Lipinski definition) is 1. The number of rotatable bonds is 4. The summed E-state index contributed by atoms with van der Waals surface area (Å²) in [4.78, 5) is 12.7. The van der Waals surface area contributed by atoms with Crippen molar-refractivity contribution in [1.82, 2.24) is 0 Å². The molecule has 1 aliphatic rings. The van der Waals surface area contributed by atoms with Crippen molar-refractivity contribution in [2.45, 2.75) is 32.4 Å². The Bertz CT molecular complexity index is 476. The summed E-state index contributed by atoms with van der Waals surface area (Å²) in [7, 11) is 0. The lowest BCUT2D eigenvalue weighted by atomic mass is 10.2. The summed E-state index contributed by atoms with van der Waals surface area (Å²) in [5, 5.41) is 11.0. The maximum absolute atomic E-state index is 11.0. The van der Waals surface area contributed by atoms with Crippen LogP contribution in [0.4, 0.5) is 11.4 Å². The van der Waals surface area contributed by atoms with Gasteiger partial charge in [0.2, 0.25) is 0 Å². The minimum absolute atomic E-state index is 0.000875. The Morgan fingerprint density at radius 3 is 2.79 bits per heavy atom. The highest BCUT2D eigenvalue weighted by molar-refractivity contribution is 5.59. The molecule has 1 atom stereocenters. The fourth-order valence-electron chi connectivity index (χ4n) is 2.22. The predicted octanol–water partition coefficient (Wildman–Crippen LogP) is 1.92. The molecule has 1 aromatic rings. The van der Waals surface area contributed by atoms with Crippen LogP contribution in [-0.2, 0) is 0 Å². The van der Waals surface area contributed by atoms with Crippen molar-refractivity contribution in [3.63, 3.8) is 0 Å². The fourth-order valence-corrected chi connectivity index (χ4v) is 2.22. The number of ether oxygens (including phenoxy) is 1. The lowest BCUT2D eigenvalue weighted by molar-refractivity contribution is -0.386. The monoisotopic (exact) mass is 265 g/mol. The van der Waals surface area contributed by atoms with E-state index < -0.39 is 4.92 Å². The second kappa shape index (κ2) is 5.44. The molecular weight excluding hydrogens is 246 g/mol. The molecule has 1 saturated heterocycles. The van der Waals surface area contributed by atoms with Crippen LogP contribution in [-0.4, -0.2) is 30.2 Å². The molecule has 6 nitrogen and oxygen atoms in total. The van der Waals surface area contributed by atoms with Gasteiger partial charge in [0, 0.05) is 37.0 Å². The molecule has 0 aliphatic carbocycles. The molecular formula is C13H19N3O3. The van der Waals surface area contributed by atoms with Gasteiger partial charge in [0.05, 0.1) is 11.0 Å². The predicted molar refractivity (Wildman–Crippen MR) is 73.7 cm³/mol. The zero-order valence-corrected chi connectivity index (χ0v) is 11.2. The summed E-state index contributed by atoms with van der Waals surface area (Å²) >= 11 is 0. The number of anilines is 1. The van der Waals surface area contributed by atoms with Gasteiger partial charge in [0.25, 0.3) is 0 Å². The summed E-state index contributed by atoms with van der Waals surface area (Å²) in [6.45, 7) is 5.35. The van der Waals surface area contributed by atoms with E-state index in [0.717, 1.165) is 25.2 Å². The third-order valence-electron chi connectivity index (χ3n) is 3.09. The fraction of sp³-hybridized carbons (Fsp3) is 0.538. The van der Waals surface area contributed by atoms with Gasteiger partial charge < -0.3 is 15.4 Å². The van der Waals surface area contributed by atoms with Gasteiger partial charge in [-0.15, -0.1) is 0 Å². The van der Waals surface area contributed by atoms with Crippen LogP contribution in [0, 0.1) is 10.1 Å². The first-order valence-electron chi connectivity index (χ1n) is 6.43. The molecule has 1 unspecified atom stereocenters. The van der Waals surface area contributed by atoms with E-state index in [0.29, 0.717) is 5.75 Å². The third-order valence-corrected chi connectivity index (χ3v) is 3.09. The number of nitrogens with two attached hydrogens (primary N) is 1. The van der Waals surface area contributed by atoms with Crippen LogP contribution in [0.15, 0.2) is 18.2 Å². The first-order valence-corrected chi connectivity index (χ1v) is 6.43. The Hall–Kier alpha value is -1.82. The molecule has 1 fully saturated rings.